The van der Waals surface area contributed by atoms with Gasteiger partial charge in [-0.05, 0) is 47.7 Å². The zero-order valence-corrected chi connectivity index (χ0v) is 23.7. The molecule has 3 aromatic rings. The van der Waals surface area contributed by atoms with Gasteiger partial charge < -0.3 is 20.2 Å². The Kier molecular flexibility index (Phi) is 9.21. The van der Waals surface area contributed by atoms with Crippen LogP contribution in [0.5, 0.6) is 0 Å². The van der Waals surface area contributed by atoms with E-state index in [0.29, 0.717) is 29.1 Å². The van der Waals surface area contributed by atoms with Gasteiger partial charge in [-0.15, -0.1) is 0 Å². The van der Waals surface area contributed by atoms with Crippen LogP contribution in [0.3, 0.4) is 0 Å². The quantitative estimate of drug-likeness (QED) is 0.383. The number of piperazine rings is 1. The number of aliphatic carboxylic acids is 1. The molecule has 0 unspecified atom stereocenters. The SMILES string of the molecule is O=C(CN1CCc2ccc(N3CCN(Cc4ccccc4)CC3)cc2C1=O)NC[C@@H](Cc1ccccc1Cl)C(=O)O. The second-order valence-electron chi connectivity index (χ2n) is 10.7. The lowest BCUT2D eigenvalue weighted by atomic mass is 9.97. The second-order valence-corrected chi connectivity index (χ2v) is 11.1. The lowest BCUT2D eigenvalue weighted by molar-refractivity contribution is -0.141. The fourth-order valence-electron chi connectivity index (χ4n) is 5.50. The topological polar surface area (TPSA) is 93.2 Å². The number of hydrogen-bond acceptors (Lipinski definition) is 5. The van der Waals surface area contributed by atoms with Crippen LogP contribution in [-0.2, 0) is 29.0 Å². The lowest BCUT2D eigenvalue weighted by Crippen LogP contribution is -2.47. The van der Waals surface area contributed by atoms with Crippen molar-refractivity contribution in [1.29, 1.82) is 0 Å². The van der Waals surface area contributed by atoms with Crippen molar-refractivity contribution < 1.29 is 19.5 Å². The van der Waals surface area contributed by atoms with E-state index in [-0.39, 0.29) is 31.3 Å². The molecule has 0 aliphatic carbocycles. The summed E-state index contributed by atoms with van der Waals surface area (Å²) in [7, 11) is 0. The highest BCUT2D eigenvalue weighted by molar-refractivity contribution is 6.31. The first kappa shape index (κ1) is 28.6. The molecule has 3 aromatic carbocycles. The maximum absolute atomic E-state index is 13.4. The van der Waals surface area contributed by atoms with Gasteiger partial charge in [-0.2, -0.15) is 0 Å². The van der Waals surface area contributed by atoms with Crippen LogP contribution < -0.4 is 10.2 Å². The molecule has 0 aromatic heterocycles. The molecule has 0 radical (unpaired) electrons. The van der Waals surface area contributed by atoms with E-state index in [1.807, 2.05) is 18.2 Å². The first-order valence-electron chi connectivity index (χ1n) is 14.0. The van der Waals surface area contributed by atoms with Crippen LogP contribution >= 0.6 is 11.6 Å². The third-order valence-corrected chi connectivity index (χ3v) is 8.27. The molecular formula is C32H35ClN4O4. The number of carbonyl (C=O) groups is 3. The maximum Gasteiger partial charge on any atom is 0.308 e. The van der Waals surface area contributed by atoms with Gasteiger partial charge in [0.1, 0.15) is 0 Å². The third-order valence-electron chi connectivity index (χ3n) is 7.90. The Bertz CT molecular complexity index is 1390. The van der Waals surface area contributed by atoms with E-state index in [1.54, 1.807) is 29.2 Å². The zero-order valence-electron chi connectivity index (χ0n) is 23.0. The molecule has 214 valence electrons. The van der Waals surface area contributed by atoms with Crippen LogP contribution in [0.4, 0.5) is 5.69 Å². The highest BCUT2D eigenvalue weighted by Gasteiger charge is 2.28. The number of carboxylic acids is 1. The summed E-state index contributed by atoms with van der Waals surface area (Å²) in [6.45, 7) is 4.87. The Morgan fingerprint density at radius 3 is 2.39 bits per heavy atom. The Morgan fingerprint density at radius 2 is 1.66 bits per heavy atom. The van der Waals surface area contributed by atoms with Crippen molar-refractivity contribution >= 4 is 35.1 Å². The molecule has 8 nitrogen and oxygen atoms in total. The molecule has 2 aliphatic heterocycles. The first-order valence-corrected chi connectivity index (χ1v) is 14.4. The molecule has 2 heterocycles. The minimum absolute atomic E-state index is 0.0432. The van der Waals surface area contributed by atoms with Crippen molar-refractivity contribution in [2.45, 2.75) is 19.4 Å². The van der Waals surface area contributed by atoms with E-state index < -0.39 is 11.9 Å². The zero-order chi connectivity index (χ0) is 28.8. The summed E-state index contributed by atoms with van der Waals surface area (Å²) in [6, 6.07) is 23.6. The van der Waals surface area contributed by atoms with Crippen LogP contribution in [0.2, 0.25) is 5.02 Å². The molecule has 0 bridgehead atoms. The molecule has 0 saturated carbocycles. The lowest BCUT2D eigenvalue weighted by Gasteiger charge is -2.37. The number of halogens is 1. The van der Waals surface area contributed by atoms with E-state index in [4.69, 9.17) is 11.6 Å². The summed E-state index contributed by atoms with van der Waals surface area (Å²) in [6.07, 6.45) is 0.873. The molecule has 2 N–H and O–H groups in total. The summed E-state index contributed by atoms with van der Waals surface area (Å²) in [5, 5.41) is 12.9. The number of carboxylic acid groups (broad SMARTS) is 1. The van der Waals surface area contributed by atoms with Crippen LogP contribution in [0.25, 0.3) is 0 Å². The van der Waals surface area contributed by atoms with Crippen LogP contribution in [0.1, 0.15) is 27.0 Å². The largest absolute Gasteiger partial charge is 0.481 e. The molecule has 0 spiro atoms. The van der Waals surface area contributed by atoms with E-state index >= 15 is 0 Å². The average molecular weight is 575 g/mol. The Hall–Kier alpha value is -3.88. The Morgan fingerprint density at radius 1 is 0.927 bits per heavy atom. The van der Waals surface area contributed by atoms with Crippen molar-refractivity contribution in [2.75, 3.05) is 50.7 Å². The highest BCUT2D eigenvalue weighted by atomic mass is 35.5. The molecule has 2 amide bonds. The van der Waals surface area contributed by atoms with Crippen LogP contribution in [-0.4, -0.2) is 78.5 Å². The molecule has 41 heavy (non-hydrogen) atoms. The van der Waals surface area contributed by atoms with Gasteiger partial charge in [0.15, 0.2) is 0 Å². The first-order chi connectivity index (χ1) is 19.9. The maximum atomic E-state index is 13.4. The summed E-state index contributed by atoms with van der Waals surface area (Å²) in [5.74, 6) is -2.39. The Labute approximate surface area is 245 Å². The average Bonchev–Trinajstić information content (AvgIpc) is 2.98. The smallest absolute Gasteiger partial charge is 0.308 e. The molecule has 1 fully saturated rings. The van der Waals surface area contributed by atoms with Gasteiger partial charge in [0.25, 0.3) is 5.91 Å². The molecule has 1 saturated heterocycles. The number of nitrogens with one attached hydrogen (secondary N) is 1. The van der Waals surface area contributed by atoms with E-state index in [9.17, 15) is 19.5 Å². The van der Waals surface area contributed by atoms with Gasteiger partial charge in [-0.1, -0.05) is 66.2 Å². The number of carbonyl (C=O) groups excluding carboxylic acids is 2. The van der Waals surface area contributed by atoms with Gasteiger partial charge >= 0.3 is 5.97 Å². The van der Waals surface area contributed by atoms with E-state index in [0.717, 1.165) is 44.0 Å². The molecular weight excluding hydrogens is 540 g/mol. The predicted octanol–water partition coefficient (Wildman–Crippen LogP) is 3.72. The Balaban J connectivity index is 1.15. The van der Waals surface area contributed by atoms with Gasteiger partial charge in [0.2, 0.25) is 5.91 Å². The fraction of sp³-hybridized carbons (Fsp3) is 0.344. The number of amides is 2. The fourth-order valence-corrected chi connectivity index (χ4v) is 5.72. The van der Waals surface area contributed by atoms with Crippen LogP contribution in [0, 0.1) is 5.92 Å². The van der Waals surface area contributed by atoms with Crippen LogP contribution in [0.15, 0.2) is 72.8 Å². The van der Waals surface area contributed by atoms with E-state index in [2.05, 4.69) is 45.4 Å². The summed E-state index contributed by atoms with van der Waals surface area (Å²) in [4.78, 5) is 44.2. The summed E-state index contributed by atoms with van der Waals surface area (Å²) < 4.78 is 0. The van der Waals surface area contributed by atoms with Crippen molar-refractivity contribution in [2.24, 2.45) is 5.92 Å². The number of benzene rings is 3. The van der Waals surface area contributed by atoms with Gasteiger partial charge in [0, 0.05) is 62.1 Å². The van der Waals surface area contributed by atoms with Gasteiger partial charge in [-0.3, -0.25) is 19.3 Å². The third kappa shape index (κ3) is 7.26. The highest BCUT2D eigenvalue weighted by Crippen LogP contribution is 2.26. The molecule has 9 heteroatoms. The van der Waals surface area contributed by atoms with Gasteiger partial charge in [0.05, 0.1) is 12.5 Å². The molecule has 1 atom stereocenters. The van der Waals surface area contributed by atoms with Crippen molar-refractivity contribution in [1.82, 2.24) is 15.1 Å². The number of anilines is 1. The number of hydrogen-bond donors (Lipinski definition) is 2. The monoisotopic (exact) mass is 574 g/mol. The second kappa shape index (κ2) is 13.2. The van der Waals surface area contributed by atoms with E-state index in [1.165, 1.54) is 5.56 Å². The summed E-state index contributed by atoms with van der Waals surface area (Å²) >= 11 is 6.19. The van der Waals surface area contributed by atoms with Crippen molar-refractivity contribution in [3.8, 4) is 0 Å². The number of rotatable bonds is 10. The molecule has 5 rings (SSSR count). The van der Waals surface area contributed by atoms with Gasteiger partial charge in [-0.25, -0.2) is 0 Å². The summed E-state index contributed by atoms with van der Waals surface area (Å²) in [5.41, 5.74) is 4.67. The minimum atomic E-state index is -1.01. The normalized spacial score (nSPS) is 16.3. The van der Waals surface area contributed by atoms with Crippen molar-refractivity contribution in [3.05, 3.63) is 100 Å². The molecule has 2 aliphatic rings. The predicted molar refractivity (Wildman–Crippen MR) is 159 cm³/mol. The van der Waals surface area contributed by atoms with Crippen molar-refractivity contribution in [3.63, 3.8) is 0 Å². The number of fused-ring (bicyclic) bond motifs is 1. The standard InChI is InChI=1S/C32H35ClN4O4/c33-29-9-5-4-8-25(29)18-26(32(40)41)20-34-30(38)22-37-13-12-24-10-11-27(19-28(24)31(37)39)36-16-14-35(15-17-36)21-23-6-2-1-3-7-23/h1-11,19,26H,12-18,20-22H2,(H,34,38)(H,40,41)/t26-/m1/s1. The number of nitrogens with zero attached hydrogens (tertiary/aromatic N) is 3. The minimum Gasteiger partial charge on any atom is -0.481 e.